The van der Waals surface area contributed by atoms with Crippen molar-refractivity contribution in [3.8, 4) is 5.75 Å². The number of carboxylic acids is 1. The number of carbonyl (C=O) groups is 2. The summed E-state index contributed by atoms with van der Waals surface area (Å²) >= 11 is 13.5. The molecule has 0 radical (unpaired) electrons. The molecule has 1 heterocycles. The normalized spacial score (nSPS) is 15.7. The number of amidine groups is 1. The quantitative estimate of drug-likeness (QED) is 0.339. The molecule has 1 N–H and O–H groups in total. The molecule has 0 aliphatic carbocycles. The molecule has 4 rings (SSSR count). The molecule has 0 unspecified atom stereocenters. The summed E-state index contributed by atoms with van der Waals surface area (Å²) in [5.74, 6) is -0.616. The molecule has 6 nitrogen and oxygen atoms in total. The van der Waals surface area contributed by atoms with Gasteiger partial charge in [-0.25, -0.2) is 9.79 Å². The van der Waals surface area contributed by atoms with Gasteiger partial charge in [0.1, 0.15) is 12.4 Å². The van der Waals surface area contributed by atoms with Gasteiger partial charge in [-0.15, -0.1) is 0 Å². The van der Waals surface area contributed by atoms with Crippen molar-refractivity contribution < 1.29 is 19.4 Å². The fourth-order valence-electron chi connectivity index (χ4n) is 3.36. The standard InChI is InChI=1S/C26H20Cl2N2O4S/c1-2-30-24(31)23(35-26(30)29-20-8-5-7-17(12-20)25(32)33)13-16-6-3-4-9-22(16)34-15-18-10-11-19(27)14-21(18)28/h3-14H,2,15H2,1H3,(H,32,33)/b23-13-,29-26?. The largest absolute Gasteiger partial charge is 0.488 e. The molecule has 178 valence electrons. The van der Waals surface area contributed by atoms with Gasteiger partial charge < -0.3 is 9.84 Å². The lowest BCUT2D eigenvalue weighted by molar-refractivity contribution is -0.122. The van der Waals surface area contributed by atoms with Crippen LogP contribution in [0.1, 0.15) is 28.4 Å². The lowest BCUT2D eigenvalue weighted by Crippen LogP contribution is -2.28. The third-order valence-electron chi connectivity index (χ3n) is 5.13. The number of thioether (sulfide) groups is 1. The van der Waals surface area contributed by atoms with E-state index in [1.165, 1.54) is 23.9 Å². The molecule has 0 saturated carbocycles. The van der Waals surface area contributed by atoms with Crippen LogP contribution in [0.4, 0.5) is 5.69 Å². The number of carboxylic acid groups (broad SMARTS) is 1. The Morgan fingerprint density at radius 2 is 1.91 bits per heavy atom. The second-order valence-electron chi connectivity index (χ2n) is 7.47. The molecule has 9 heteroatoms. The molecule has 0 spiro atoms. The Morgan fingerprint density at radius 1 is 1.11 bits per heavy atom. The number of para-hydroxylation sites is 1. The number of ether oxygens (including phenoxy) is 1. The number of aliphatic imine (C=N–C) groups is 1. The van der Waals surface area contributed by atoms with E-state index < -0.39 is 5.97 Å². The zero-order valence-electron chi connectivity index (χ0n) is 18.6. The number of aromatic carboxylic acids is 1. The first-order valence-corrected chi connectivity index (χ1v) is 12.2. The molecule has 1 fully saturated rings. The number of benzene rings is 3. The number of rotatable bonds is 7. The van der Waals surface area contributed by atoms with Crippen LogP contribution in [0.3, 0.4) is 0 Å². The van der Waals surface area contributed by atoms with E-state index in [-0.39, 0.29) is 18.1 Å². The molecule has 0 atom stereocenters. The molecule has 35 heavy (non-hydrogen) atoms. The summed E-state index contributed by atoms with van der Waals surface area (Å²) in [5, 5.41) is 10.8. The van der Waals surface area contributed by atoms with Gasteiger partial charge in [-0.05, 0) is 61.2 Å². The zero-order chi connectivity index (χ0) is 24.9. The Balaban J connectivity index is 1.59. The average molecular weight is 527 g/mol. The van der Waals surface area contributed by atoms with E-state index >= 15 is 0 Å². The van der Waals surface area contributed by atoms with Crippen molar-refractivity contribution in [1.82, 2.24) is 4.90 Å². The van der Waals surface area contributed by atoms with Gasteiger partial charge in [-0.3, -0.25) is 9.69 Å². The van der Waals surface area contributed by atoms with Crippen molar-refractivity contribution in [3.05, 3.63) is 98.4 Å². The number of carbonyl (C=O) groups excluding carboxylic acids is 1. The Morgan fingerprint density at radius 3 is 2.66 bits per heavy atom. The molecule has 1 aliphatic rings. The van der Waals surface area contributed by atoms with E-state index in [0.29, 0.717) is 38.1 Å². The van der Waals surface area contributed by atoms with E-state index in [1.807, 2.05) is 37.3 Å². The summed E-state index contributed by atoms with van der Waals surface area (Å²) in [5.41, 5.74) is 2.12. The van der Waals surface area contributed by atoms with Gasteiger partial charge in [0, 0.05) is 27.7 Å². The maximum absolute atomic E-state index is 13.1. The fraction of sp³-hybridized carbons (Fsp3) is 0.115. The lowest BCUT2D eigenvalue weighted by atomic mass is 10.1. The van der Waals surface area contributed by atoms with Crippen molar-refractivity contribution >= 4 is 63.8 Å². The minimum Gasteiger partial charge on any atom is -0.488 e. The highest BCUT2D eigenvalue weighted by Gasteiger charge is 2.32. The highest BCUT2D eigenvalue weighted by molar-refractivity contribution is 8.18. The van der Waals surface area contributed by atoms with E-state index in [9.17, 15) is 14.7 Å². The van der Waals surface area contributed by atoms with Crippen LogP contribution in [0.25, 0.3) is 6.08 Å². The minimum atomic E-state index is -1.04. The van der Waals surface area contributed by atoms with Crippen LogP contribution in [0, 0.1) is 0 Å². The summed E-state index contributed by atoms with van der Waals surface area (Å²) in [6.07, 6.45) is 1.77. The Kier molecular flexibility index (Phi) is 7.80. The fourth-order valence-corrected chi connectivity index (χ4v) is 4.87. The summed E-state index contributed by atoms with van der Waals surface area (Å²) in [4.78, 5) is 30.9. The van der Waals surface area contributed by atoms with Gasteiger partial charge in [0.15, 0.2) is 5.17 Å². The van der Waals surface area contributed by atoms with Gasteiger partial charge in [0.2, 0.25) is 0 Å². The third-order valence-corrected chi connectivity index (χ3v) is 6.72. The number of hydrogen-bond donors (Lipinski definition) is 1. The van der Waals surface area contributed by atoms with E-state index in [0.717, 1.165) is 11.1 Å². The Labute approximate surface area is 216 Å². The first-order chi connectivity index (χ1) is 16.9. The maximum Gasteiger partial charge on any atom is 0.335 e. The number of likely N-dealkylation sites (N-methyl/N-ethyl adjacent to an activating group) is 1. The first kappa shape index (κ1) is 24.9. The van der Waals surface area contributed by atoms with Crippen molar-refractivity contribution in [1.29, 1.82) is 0 Å². The highest BCUT2D eigenvalue weighted by atomic mass is 35.5. The van der Waals surface area contributed by atoms with Gasteiger partial charge in [0.05, 0.1) is 16.2 Å². The van der Waals surface area contributed by atoms with Crippen molar-refractivity contribution in [3.63, 3.8) is 0 Å². The third kappa shape index (κ3) is 5.88. The SMILES string of the molecule is CCN1C(=O)/C(=C/c2ccccc2OCc2ccc(Cl)cc2Cl)SC1=Nc1cccc(C(=O)O)c1. The first-order valence-electron chi connectivity index (χ1n) is 10.6. The van der Waals surface area contributed by atoms with Crippen molar-refractivity contribution in [2.45, 2.75) is 13.5 Å². The molecule has 0 bridgehead atoms. The average Bonchev–Trinajstić information content (AvgIpc) is 3.13. The molecule has 3 aromatic rings. The molecule has 3 aromatic carbocycles. The number of halogens is 2. The number of hydrogen-bond acceptors (Lipinski definition) is 5. The molecular weight excluding hydrogens is 507 g/mol. The number of amides is 1. The van der Waals surface area contributed by atoms with Gasteiger partial charge in [-0.1, -0.05) is 53.5 Å². The van der Waals surface area contributed by atoms with E-state index in [2.05, 4.69) is 4.99 Å². The smallest absolute Gasteiger partial charge is 0.335 e. The van der Waals surface area contributed by atoms with Crippen LogP contribution in [0.15, 0.2) is 76.6 Å². The zero-order valence-corrected chi connectivity index (χ0v) is 20.9. The summed E-state index contributed by atoms with van der Waals surface area (Å²) < 4.78 is 6.01. The van der Waals surface area contributed by atoms with Crippen LogP contribution in [0.5, 0.6) is 5.75 Å². The summed E-state index contributed by atoms with van der Waals surface area (Å²) in [6, 6.07) is 18.9. The Bertz CT molecular complexity index is 1360. The lowest BCUT2D eigenvalue weighted by Gasteiger charge is -2.12. The summed E-state index contributed by atoms with van der Waals surface area (Å²) in [6.45, 7) is 2.52. The number of nitrogens with zero attached hydrogens (tertiary/aromatic N) is 2. The minimum absolute atomic E-state index is 0.131. The topological polar surface area (TPSA) is 79.2 Å². The van der Waals surface area contributed by atoms with Crippen molar-refractivity contribution in [2.75, 3.05) is 6.54 Å². The molecule has 1 amide bonds. The van der Waals surface area contributed by atoms with Crippen LogP contribution < -0.4 is 4.74 Å². The second-order valence-corrected chi connectivity index (χ2v) is 9.32. The monoisotopic (exact) mass is 526 g/mol. The second kappa shape index (κ2) is 11.0. The van der Waals surface area contributed by atoms with E-state index in [1.54, 1.807) is 35.2 Å². The maximum atomic E-state index is 13.1. The van der Waals surface area contributed by atoms with Crippen molar-refractivity contribution in [2.24, 2.45) is 4.99 Å². The predicted molar refractivity (Wildman–Crippen MR) is 141 cm³/mol. The Hall–Kier alpha value is -3.26. The molecule has 1 aliphatic heterocycles. The summed E-state index contributed by atoms with van der Waals surface area (Å²) in [7, 11) is 0. The van der Waals surface area contributed by atoms with Gasteiger partial charge in [0.25, 0.3) is 5.91 Å². The van der Waals surface area contributed by atoms with Crippen LogP contribution in [-0.4, -0.2) is 33.6 Å². The predicted octanol–water partition coefficient (Wildman–Crippen LogP) is 6.89. The highest BCUT2D eigenvalue weighted by Crippen LogP contribution is 2.36. The van der Waals surface area contributed by atoms with Crippen LogP contribution >= 0.6 is 35.0 Å². The van der Waals surface area contributed by atoms with E-state index in [4.69, 9.17) is 27.9 Å². The van der Waals surface area contributed by atoms with Crippen LogP contribution in [0.2, 0.25) is 10.0 Å². The molecule has 0 aromatic heterocycles. The molecule has 1 saturated heterocycles. The van der Waals surface area contributed by atoms with Gasteiger partial charge >= 0.3 is 5.97 Å². The van der Waals surface area contributed by atoms with Crippen LogP contribution in [-0.2, 0) is 11.4 Å². The van der Waals surface area contributed by atoms with Gasteiger partial charge in [-0.2, -0.15) is 0 Å². The molecular formula is C26H20Cl2N2O4S.